The van der Waals surface area contributed by atoms with Gasteiger partial charge in [-0.05, 0) is 72.5 Å². The van der Waals surface area contributed by atoms with Crippen LogP contribution in [-0.2, 0) is 45.2 Å². The summed E-state index contributed by atoms with van der Waals surface area (Å²) < 4.78 is 12.2. The Morgan fingerprint density at radius 2 is 0.940 bits per heavy atom. The Bertz CT molecular complexity index is 3080. The fourth-order valence-corrected chi connectivity index (χ4v) is 8.33. The van der Waals surface area contributed by atoms with Gasteiger partial charge >= 0.3 is 5.97 Å². The number of pyridine rings is 2. The Labute approximate surface area is 385 Å². The predicted molar refractivity (Wildman–Crippen MR) is 252 cm³/mol. The van der Waals surface area contributed by atoms with Gasteiger partial charge in [0.2, 0.25) is 11.8 Å². The molecule has 2 fully saturated rings. The zero-order valence-electron chi connectivity index (χ0n) is 36.0. The van der Waals surface area contributed by atoms with E-state index >= 15 is 0 Å². The van der Waals surface area contributed by atoms with E-state index in [9.17, 15) is 19.2 Å². The molecule has 0 aliphatic carbocycles. The van der Waals surface area contributed by atoms with E-state index in [1.807, 2.05) is 158 Å². The molecule has 67 heavy (non-hydrogen) atoms. The molecule has 13 nitrogen and oxygen atoms in total. The van der Waals surface area contributed by atoms with Gasteiger partial charge in [0.05, 0.1) is 34.3 Å². The van der Waals surface area contributed by atoms with Gasteiger partial charge in [-0.2, -0.15) is 0 Å². The number of carboxylic acid groups (broad SMARTS) is 1. The van der Waals surface area contributed by atoms with Crippen molar-refractivity contribution in [3.05, 3.63) is 192 Å². The highest BCUT2D eigenvalue weighted by Gasteiger charge is 2.44. The standard InChI is InChI=1S/C27H23N3O4.C27H22N2O4/c31-26-22(25(29-26)27(32)30-33)14-17-10-12-20(13-11-17)34-16-19-15-24(18-6-2-1-3-7-18)28-23-9-5-4-8-21(19)23;30-26-22(25(29-26)27(31)32)14-17-10-12-20(13-11-17)33-16-19-15-24(18-6-2-1-3-7-18)28-23-9-5-4-8-21(19)23/h1-13,15,22,25,33H,14,16H2,(H,29,31)(H,30,32);1-13,15,22,25H,14,16H2,(H,29,30)(H,31,32)/t22-,25-;22-,25+/m11/s1. The molecule has 334 valence electrons. The zero-order chi connectivity index (χ0) is 46.3. The molecule has 10 rings (SSSR count). The molecular weight excluding hydrogens is 847 g/mol. The molecule has 6 aromatic carbocycles. The number of hydrogen-bond acceptors (Lipinski definition) is 9. The number of β-lactam (4-membered cyclic amide) rings is 2. The van der Waals surface area contributed by atoms with Crippen LogP contribution in [0.5, 0.6) is 11.5 Å². The third kappa shape index (κ3) is 9.97. The van der Waals surface area contributed by atoms with Crippen LogP contribution in [0.25, 0.3) is 44.3 Å². The summed E-state index contributed by atoms with van der Waals surface area (Å²) in [5, 5.41) is 25.0. The molecule has 0 saturated carbocycles. The van der Waals surface area contributed by atoms with Gasteiger partial charge in [0.1, 0.15) is 36.8 Å². The van der Waals surface area contributed by atoms with Gasteiger partial charge in [0.25, 0.3) is 5.91 Å². The molecule has 4 atom stereocenters. The van der Waals surface area contributed by atoms with Gasteiger partial charge < -0.3 is 25.2 Å². The number of carbonyl (C=O) groups excluding carboxylic acids is 3. The highest BCUT2D eigenvalue weighted by molar-refractivity contribution is 5.99. The second kappa shape index (κ2) is 19.8. The number of amides is 3. The third-order valence-electron chi connectivity index (χ3n) is 12.0. The average Bonchev–Trinajstić information content (AvgIpc) is 3.37. The molecule has 0 spiro atoms. The van der Waals surface area contributed by atoms with E-state index in [0.717, 1.165) is 66.6 Å². The first-order valence-corrected chi connectivity index (χ1v) is 21.8. The fourth-order valence-electron chi connectivity index (χ4n) is 8.33. The monoisotopic (exact) mass is 891 g/mol. The lowest BCUT2D eigenvalue weighted by molar-refractivity contribution is -0.153. The minimum Gasteiger partial charge on any atom is -0.489 e. The smallest absolute Gasteiger partial charge is 0.327 e. The van der Waals surface area contributed by atoms with Crippen LogP contribution in [0.1, 0.15) is 22.3 Å². The molecule has 2 saturated heterocycles. The minimum absolute atomic E-state index is 0.201. The maximum Gasteiger partial charge on any atom is 0.327 e. The highest BCUT2D eigenvalue weighted by atomic mass is 16.5. The van der Waals surface area contributed by atoms with E-state index in [4.69, 9.17) is 29.8 Å². The van der Waals surface area contributed by atoms with E-state index in [0.29, 0.717) is 37.6 Å². The van der Waals surface area contributed by atoms with E-state index < -0.39 is 35.8 Å². The number of para-hydroxylation sites is 2. The molecule has 2 aromatic heterocycles. The minimum atomic E-state index is -1.00. The van der Waals surface area contributed by atoms with Crippen molar-refractivity contribution in [3.8, 4) is 34.0 Å². The lowest BCUT2D eigenvalue weighted by atomic mass is 9.84. The van der Waals surface area contributed by atoms with Gasteiger partial charge in [0.15, 0.2) is 0 Å². The number of benzene rings is 6. The Morgan fingerprint density at radius 3 is 1.36 bits per heavy atom. The summed E-state index contributed by atoms with van der Waals surface area (Å²) in [7, 11) is 0. The fraction of sp³-hybridized carbons (Fsp3) is 0.148. The molecule has 13 heteroatoms. The largest absolute Gasteiger partial charge is 0.489 e. The zero-order valence-corrected chi connectivity index (χ0v) is 36.0. The number of ether oxygens (including phenoxy) is 2. The van der Waals surface area contributed by atoms with Crippen molar-refractivity contribution >= 4 is 45.5 Å². The van der Waals surface area contributed by atoms with Crippen LogP contribution < -0.4 is 25.6 Å². The summed E-state index contributed by atoms with van der Waals surface area (Å²) in [6, 6.07) is 53.7. The number of hydroxylamine groups is 1. The number of carbonyl (C=O) groups is 4. The van der Waals surface area contributed by atoms with Gasteiger partial charge in [-0.3, -0.25) is 19.6 Å². The van der Waals surface area contributed by atoms with Crippen LogP contribution in [0.2, 0.25) is 0 Å². The number of nitrogens with one attached hydrogen (secondary N) is 3. The van der Waals surface area contributed by atoms with Crippen molar-refractivity contribution in [1.82, 2.24) is 26.1 Å². The molecule has 8 aromatic rings. The summed E-state index contributed by atoms with van der Waals surface area (Å²) in [6.45, 7) is 0.764. The van der Waals surface area contributed by atoms with E-state index in [2.05, 4.69) is 22.8 Å². The first-order valence-electron chi connectivity index (χ1n) is 21.8. The lowest BCUT2D eigenvalue weighted by Crippen LogP contribution is -2.64. The Kier molecular flexibility index (Phi) is 12.9. The first kappa shape index (κ1) is 43.8. The molecule has 2 aliphatic heterocycles. The van der Waals surface area contributed by atoms with Crippen molar-refractivity contribution in [1.29, 1.82) is 0 Å². The van der Waals surface area contributed by atoms with Gasteiger partial charge in [0, 0.05) is 33.0 Å². The first-order chi connectivity index (χ1) is 32.7. The van der Waals surface area contributed by atoms with Crippen molar-refractivity contribution in [3.63, 3.8) is 0 Å². The Balaban J connectivity index is 0.000000168. The summed E-state index contributed by atoms with van der Waals surface area (Å²) in [6.07, 6.45) is 0.790. The molecule has 0 unspecified atom stereocenters. The normalized spacial score (nSPS) is 17.1. The molecule has 0 radical (unpaired) electrons. The number of carboxylic acids is 1. The number of fused-ring (bicyclic) bond motifs is 2. The number of nitrogens with zero attached hydrogens (tertiary/aromatic N) is 2. The van der Waals surface area contributed by atoms with Crippen LogP contribution in [0.15, 0.2) is 170 Å². The van der Waals surface area contributed by atoms with Crippen LogP contribution in [-0.4, -0.2) is 56.1 Å². The second-order valence-electron chi connectivity index (χ2n) is 16.4. The van der Waals surface area contributed by atoms with Crippen LogP contribution >= 0.6 is 0 Å². The number of hydrogen-bond donors (Lipinski definition) is 5. The van der Waals surface area contributed by atoms with Crippen LogP contribution in [0.4, 0.5) is 0 Å². The SMILES string of the molecule is O=C(O)[C@H]1NC(=O)[C@@H]1Cc1ccc(OCc2cc(-c3ccccc3)nc3ccccc23)cc1.O=C1N[C@@H](C(=O)NO)[C@H]1Cc1ccc(OCc2cc(-c3ccccc3)nc3ccccc23)cc1. The average molecular weight is 892 g/mol. The summed E-state index contributed by atoms with van der Waals surface area (Å²) in [4.78, 5) is 55.9. The number of aromatic nitrogens is 2. The molecule has 3 amide bonds. The third-order valence-corrected chi connectivity index (χ3v) is 12.0. The molecule has 5 N–H and O–H groups in total. The van der Waals surface area contributed by atoms with Gasteiger partial charge in [-0.25, -0.2) is 20.2 Å². The van der Waals surface area contributed by atoms with E-state index in [1.54, 1.807) is 5.48 Å². The predicted octanol–water partition coefficient (Wildman–Crippen LogP) is 7.87. The Hall–Kier alpha value is -8.42. The van der Waals surface area contributed by atoms with Crippen LogP contribution in [0.3, 0.4) is 0 Å². The summed E-state index contributed by atoms with van der Waals surface area (Å²) >= 11 is 0. The van der Waals surface area contributed by atoms with Gasteiger partial charge in [-0.1, -0.05) is 121 Å². The highest BCUT2D eigenvalue weighted by Crippen LogP contribution is 2.29. The van der Waals surface area contributed by atoms with E-state index in [-0.39, 0.29) is 11.8 Å². The molecule has 2 aliphatic rings. The van der Waals surface area contributed by atoms with Crippen molar-refractivity contribution in [2.75, 3.05) is 0 Å². The van der Waals surface area contributed by atoms with E-state index in [1.165, 1.54) is 0 Å². The maximum absolute atomic E-state index is 11.8. The topological polar surface area (TPSA) is 189 Å². The van der Waals surface area contributed by atoms with Crippen molar-refractivity contribution < 1.29 is 39.0 Å². The Morgan fingerprint density at radius 1 is 0.537 bits per heavy atom. The maximum atomic E-state index is 11.8. The molecular formula is C54H45N5O8. The van der Waals surface area contributed by atoms with Gasteiger partial charge in [-0.15, -0.1) is 0 Å². The van der Waals surface area contributed by atoms with Crippen molar-refractivity contribution in [2.45, 2.75) is 38.1 Å². The quantitative estimate of drug-likeness (QED) is 0.0408. The van der Waals surface area contributed by atoms with Crippen LogP contribution in [0, 0.1) is 11.8 Å². The molecule has 0 bridgehead atoms. The van der Waals surface area contributed by atoms with Crippen molar-refractivity contribution in [2.24, 2.45) is 11.8 Å². The second-order valence-corrected chi connectivity index (χ2v) is 16.4. The number of rotatable bonds is 14. The summed E-state index contributed by atoms with van der Waals surface area (Å²) in [5.41, 5.74) is 11.2. The summed E-state index contributed by atoms with van der Waals surface area (Å²) in [5.74, 6) is -1.66. The molecule has 4 heterocycles. The lowest BCUT2D eigenvalue weighted by Gasteiger charge is -2.34. The number of aliphatic carboxylic acids is 1.